The topological polar surface area (TPSA) is 9.23 Å². The Morgan fingerprint density at radius 2 is 1.73 bits per heavy atom. The van der Waals surface area contributed by atoms with Crippen LogP contribution in [0.1, 0.15) is 40.0 Å². The van der Waals surface area contributed by atoms with Crippen molar-refractivity contribution in [2.24, 2.45) is 5.92 Å². The number of rotatable bonds is 9. The van der Waals surface area contributed by atoms with Crippen molar-refractivity contribution in [1.82, 2.24) is 0 Å². The van der Waals surface area contributed by atoms with Gasteiger partial charge < -0.3 is 9.22 Å². The van der Waals surface area contributed by atoms with Crippen molar-refractivity contribution in [3.8, 4) is 0 Å². The van der Waals surface area contributed by atoms with Crippen LogP contribution >= 0.6 is 0 Å². The molecule has 0 aromatic carbocycles. The van der Waals surface area contributed by atoms with Gasteiger partial charge in [0, 0.05) is 6.61 Å². The monoisotopic (exact) mass is 216 g/mol. The van der Waals surface area contributed by atoms with Gasteiger partial charge in [0.1, 0.15) is 6.54 Å². The molecule has 0 atom stereocenters. The Hall–Kier alpha value is -0.0800. The molecular formula is C13H30NO+. The van der Waals surface area contributed by atoms with Crippen molar-refractivity contribution >= 4 is 0 Å². The zero-order chi connectivity index (χ0) is 11.7. The fourth-order valence-corrected chi connectivity index (χ4v) is 1.43. The number of hydrogen-bond donors (Lipinski definition) is 0. The Bertz CT molecular complexity index is 143. The van der Waals surface area contributed by atoms with Crippen LogP contribution in [0.15, 0.2) is 0 Å². The molecule has 0 aliphatic carbocycles. The van der Waals surface area contributed by atoms with E-state index in [1.807, 2.05) is 0 Å². The van der Waals surface area contributed by atoms with Crippen molar-refractivity contribution in [2.75, 3.05) is 40.4 Å². The third-order valence-electron chi connectivity index (χ3n) is 2.80. The lowest BCUT2D eigenvalue weighted by molar-refractivity contribution is -0.890. The highest BCUT2D eigenvalue weighted by Gasteiger charge is 2.13. The second-order valence-corrected chi connectivity index (χ2v) is 5.53. The highest BCUT2D eigenvalue weighted by molar-refractivity contribution is 4.43. The molecule has 0 aromatic heterocycles. The van der Waals surface area contributed by atoms with Crippen molar-refractivity contribution in [2.45, 2.75) is 40.0 Å². The van der Waals surface area contributed by atoms with Crippen molar-refractivity contribution in [1.29, 1.82) is 0 Å². The van der Waals surface area contributed by atoms with Crippen LogP contribution in [0.3, 0.4) is 0 Å². The van der Waals surface area contributed by atoms with Crippen LogP contribution in [-0.4, -0.2) is 44.9 Å². The van der Waals surface area contributed by atoms with E-state index in [2.05, 4.69) is 34.9 Å². The number of nitrogens with zero attached hydrogens (tertiary/aromatic N) is 1. The number of quaternary nitrogens is 1. The van der Waals surface area contributed by atoms with Crippen molar-refractivity contribution in [3.05, 3.63) is 0 Å². The maximum Gasteiger partial charge on any atom is 0.102 e. The molecule has 0 bridgehead atoms. The Morgan fingerprint density at radius 3 is 2.27 bits per heavy atom. The summed E-state index contributed by atoms with van der Waals surface area (Å²) in [4.78, 5) is 0. The normalized spacial score (nSPS) is 12.4. The molecule has 0 saturated heterocycles. The van der Waals surface area contributed by atoms with E-state index in [0.29, 0.717) is 0 Å². The fourth-order valence-electron chi connectivity index (χ4n) is 1.43. The van der Waals surface area contributed by atoms with Crippen LogP contribution in [0.5, 0.6) is 0 Å². The van der Waals surface area contributed by atoms with Gasteiger partial charge in [-0.25, -0.2) is 0 Å². The Balaban J connectivity index is 3.40. The zero-order valence-electron chi connectivity index (χ0n) is 11.4. The summed E-state index contributed by atoms with van der Waals surface area (Å²) in [5.41, 5.74) is 0. The van der Waals surface area contributed by atoms with Gasteiger partial charge in [-0.2, -0.15) is 0 Å². The maximum atomic E-state index is 5.64. The molecule has 0 aromatic rings. The van der Waals surface area contributed by atoms with Gasteiger partial charge in [-0.05, 0) is 18.8 Å². The largest absolute Gasteiger partial charge is 0.376 e. The van der Waals surface area contributed by atoms with E-state index in [4.69, 9.17) is 4.74 Å². The minimum atomic E-state index is 0.757. The molecule has 0 aliphatic heterocycles. The Labute approximate surface area is 96.2 Å². The molecule has 2 heteroatoms. The molecule has 0 fully saturated rings. The van der Waals surface area contributed by atoms with Crippen LogP contribution in [0.25, 0.3) is 0 Å². The van der Waals surface area contributed by atoms with Crippen LogP contribution in [0, 0.1) is 5.92 Å². The van der Waals surface area contributed by atoms with Gasteiger partial charge in [0.25, 0.3) is 0 Å². The molecule has 2 nitrogen and oxygen atoms in total. The summed E-state index contributed by atoms with van der Waals surface area (Å²) in [6.45, 7) is 11.0. The second kappa shape index (κ2) is 8.12. The number of unbranched alkanes of at least 4 members (excludes halogenated alkanes) is 1. The molecule has 0 unspecified atom stereocenters. The Kier molecular flexibility index (Phi) is 8.07. The number of likely N-dealkylation sites (N-methyl/N-ethyl adjacent to an activating group) is 1. The quantitative estimate of drug-likeness (QED) is 0.425. The first-order chi connectivity index (χ1) is 6.98. The maximum absolute atomic E-state index is 5.64. The molecule has 0 amide bonds. The van der Waals surface area contributed by atoms with Gasteiger partial charge in [-0.15, -0.1) is 0 Å². The summed E-state index contributed by atoms with van der Waals surface area (Å²) in [6, 6.07) is 0. The molecule has 0 aliphatic rings. The first-order valence-corrected chi connectivity index (χ1v) is 6.37. The first kappa shape index (κ1) is 14.9. The summed E-state index contributed by atoms with van der Waals surface area (Å²) in [5, 5.41) is 0. The number of hydrogen-bond acceptors (Lipinski definition) is 1. The minimum Gasteiger partial charge on any atom is -0.376 e. The molecule has 0 rings (SSSR count). The summed E-state index contributed by atoms with van der Waals surface area (Å²) in [5.74, 6) is 0.757. The third-order valence-corrected chi connectivity index (χ3v) is 2.80. The van der Waals surface area contributed by atoms with Gasteiger partial charge in [0.15, 0.2) is 0 Å². The lowest BCUT2D eigenvalue weighted by Gasteiger charge is -2.29. The average molecular weight is 216 g/mol. The predicted octanol–water partition coefficient (Wildman–Crippen LogP) is 2.93. The smallest absolute Gasteiger partial charge is 0.102 e. The Morgan fingerprint density at radius 1 is 1.07 bits per heavy atom. The van der Waals surface area contributed by atoms with E-state index in [-0.39, 0.29) is 0 Å². The first-order valence-electron chi connectivity index (χ1n) is 6.37. The van der Waals surface area contributed by atoms with E-state index < -0.39 is 0 Å². The third kappa shape index (κ3) is 10.2. The molecule has 0 heterocycles. The molecule has 0 N–H and O–H groups in total. The van der Waals surface area contributed by atoms with Crippen LogP contribution in [-0.2, 0) is 4.74 Å². The standard InChI is InChI=1S/C13H30NO/c1-6-7-9-14(4,5)10-12-15-11-8-13(2)3/h13H,6-12H2,1-5H3/q+1. The lowest BCUT2D eigenvalue weighted by Crippen LogP contribution is -2.43. The molecule has 15 heavy (non-hydrogen) atoms. The van der Waals surface area contributed by atoms with Crippen LogP contribution in [0.4, 0.5) is 0 Å². The van der Waals surface area contributed by atoms with Crippen molar-refractivity contribution < 1.29 is 9.22 Å². The van der Waals surface area contributed by atoms with Crippen molar-refractivity contribution in [3.63, 3.8) is 0 Å². The van der Waals surface area contributed by atoms with Gasteiger partial charge >= 0.3 is 0 Å². The van der Waals surface area contributed by atoms with E-state index in [0.717, 1.165) is 30.2 Å². The van der Waals surface area contributed by atoms with Gasteiger partial charge in [-0.3, -0.25) is 0 Å². The van der Waals surface area contributed by atoms with Gasteiger partial charge in [-0.1, -0.05) is 27.2 Å². The molecule has 0 spiro atoms. The second-order valence-electron chi connectivity index (χ2n) is 5.53. The number of ether oxygens (including phenoxy) is 1. The van der Waals surface area contributed by atoms with Gasteiger partial charge in [0.2, 0.25) is 0 Å². The molecule has 92 valence electrons. The van der Waals surface area contributed by atoms with E-state index in [1.54, 1.807) is 0 Å². The van der Waals surface area contributed by atoms with E-state index in [9.17, 15) is 0 Å². The highest BCUT2D eigenvalue weighted by atomic mass is 16.5. The van der Waals surface area contributed by atoms with E-state index in [1.165, 1.54) is 25.8 Å². The average Bonchev–Trinajstić information content (AvgIpc) is 2.14. The summed E-state index contributed by atoms with van der Waals surface area (Å²) < 4.78 is 6.74. The summed E-state index contributed by atoms with van der Waals surface area (Å²) >= 11 is 0. The lowest BCUT2D eigenvalue weighted by atomic mass is 10.1. The summed E-state index contributed by atoms with van der Waals surface area (Å²) in [6.07, 6.45) is 3.79. The van der Waals surface area contributed by atoms with E-state index >= 15 is 0 Å². The predicted molar refractivity (Wildman–Crippen MR) is 67.0 cm³/mol. The van der Waals surface area contributed by atoms with Crippen LogP contribution in [0.2, 0.25) is 0 Å². The molecule has 0 radical (unpaired) electrons. The fraction of sp³-hybridized carbons (Fsp3) is 1.00. The van der Waals surface area contributed by atoms with Crippen LogP contribution < -0.4 is 0 Å². The molecular weight excluding hydrogens is 186 g/mol. The summed E-state index contributed by atoms with van der Waals surface area (Å²) in [7, 11) is 4.59. The highest BCUT2D eigenvalue weighted by Crippen LogP contribution is 2.02. The molecule has 0 saturated carbocycles. The SMILES string of the molecule is CCCC[N+](C)(C)CCOCCC(C)C. The zero-order valence-corrected chi connectivity index (χ0v) is 11.4. The van der Waals surface area contributed by atoms with Gasteiger partial charge in [0.05, 0.1) is 27.2 Å². The minimum absolute atomic E-state index is 0.757.